The normalized spacial score (nSPS) is 15.9. The maximum Gasteiger partial charge on any atom is 0.243 e. The average Bonchev–Trinajstić information content (AvgIpc) is 2.69. The second-order valence-corrected chi connectivity index (χ2v) is 8.62. The van der Waals surface area contributed by atoms with Gasteiger partial charge < -0.3 is 5.32 Å². The molecule has 0 aliphatic carbocycles. The van der Waals surface area contributed by atoms with Crippen LogP contribution in [0.2, 0.25) is 0 Å². The summed E-state index contributed by atoms with van der Waals surface area (Å²) in [5.74, 6) is -0.257. The van der Waals surface area contributed by atoms with Gasteiger partial charge in [0.1, 0.15) is 0 Å². The minimum atomic E-state index is -3.50. The Balaban J connectivity index is 1.53. The van der Waals surface area contributed by atoms with Gasteiger partial charge in [-0.3, -0.25) is 14.5 Å². The number of sulfonamides is 1. The number of nitrogens with one attached hydrogen (secondary N) is 1. The van der Waals surface area contributed by atoms with Gasteiger partial charge in [0.15, 0.2) is 5.78 Å². The van der Waals surface area contributed by atoms with Crippen LogP contribution in [-0.4, -0.2) is 62.0 Å². The van der Waals surface area contributed by atoms with Crippen LogP contribution in [0.25, 0.3) is 0 Å². The molecule has 148 valence electrons. The summed E-state index contributed by atoms with van der Waals surface area (Å²) in [6, 6.07) is 15.2. The molecule has 0 aromatic heterocycles. The molecule has 8 heteroatoms. The van der Waals surface area contributed by atoms with Crippen LogP contribution in [0, 0.1) is 0 Å². The molecule has 0 radical (unpaired) electrons. The summed E-state index contributed by atoms with van der Waals surface area (Å²) in [5.41, 5.74) is 1.11. The molecule has 0 spiro atoms. The third-order valence-corrected chi connectivity index (χ3v) is 6.55. The fourth-order valence-electron chi connectivity index (χ4n) is 3.09. The molecule has 1 fully saturated rings. The van der Waals surface area contributed by atoms with E-state index in [9.17, 15) is 18.0 Å². The Morgan fingerprint density at radius 1 is 0.964 bits per heavy atom. The van der Waals surface area contributed by atoms with Gasteiger partial charge in [-0.1, -0.05) is 30.3 Å². The first-order chi connectivity index (χ1) is 13.4. The Kier molecular flexibility index (Phi) is 6.23. The number of ketones is 1. The molecular weight excluding hydrogens is 378 g/mol. The Labute approximate surface area is 165 Å². The van der Waals surface area contributed by atoms with Crippen molar-refractivity contribution in [1.29, 1.82) is 0 Å². The molecule has 1 amide bonds. The van der Waals surface area contributed by atoms with Gasteiger partial charge in [-0.25, -0.2) is 8.42 Å². The molecule has 1 aliphatic heterocycles. The predicted molar refractivity (Wildman–Crippen MR) is 107 cm³/mol. The van der Waals surface area contributed by atoms with E-state index >= 15 is 0 Å². The lowest BCUT2D eigenvalue weighted by Gasteiger charge is -2.33. The standard InChI is InChI=1S/C20H23N3O4S/c1-16(24)17-6-5-7-18(14-17)21-20(25)15-22-10-12-23(13-11-22)28(26,27)19-8-3-2-4-9-19/h2-9,14H,10-13,15H2,1H3,(H,21,25). The molecule has 1 saturated heterocycles. The largest absolute Gasteiger partial charge is 0.325 e. The number of benzene rings is 2. The number of hydrogen-bond donors (Lipinski definition) is 1. The molecule has 7 nitrogen and oxygen atoms in total. The van der Waals surface area contributed by atoms with Crippen LogP contribution in [-0.2, 0) is 14.8 Å². The number of amides is 1. The molecule has 0 bridgehead atoms. The quantitative estimate of drug-likeness (QED) is 0.747. The van der Waals surface area contributed by atoms with Crippen molar-refractivity contribution in [3.8, 4) is 0 Å². The van der Waals surface area contributed by atoms with Gasteiger partial charge in [0.25, 0.3) is 0 Å². The fraction of sp³-hybridized carbons (Fsp3) is 0.300. The number of rotatable bonds is 6. The highest BCUT2D eigenvalue weighted by molar-refractivity contribution is 7.89. The smallest absolute Gasteiger partial charge is 0.243 e. The summed E-state index contributed by atoms with van der Waals surface area (Å²) in [6.07, 6.45) is 0. The van der Waals surface area contributed by atoms with Gasteiger partial charge in [-0.05, 0) is 31.2 Å². The highest BCUT2D eigenvalue weighted by atomic mass is 32.2. The summed E-state index contributed by atoms with van der Waals surface area (Å²) < 4.78 is 26.7. The zero-order valence-corrected chi connectivity index (χ0v) is 16.5. The molecule has 2 aromatic carbocycles. The van der Waals surface area contributed by atoms with Crippen molar-refractivity contribution in [1.82, 2.24) is 9.21 Å². The molecule has 0 saturated carbocycles. The number of Topliss-reactive ketones (excluding diaryl/α,β-unsaturated/α-hetero) is 1. The number of hydrogen-bond acceptors (Lipinski definition) is 5. The second-order valence-electron chi connectivity index (χ2n) is 6.68. The van der Waals surface area contributed by atoms with Crippen LogP contribution in [0.15, 0.2) is 59.5 Å². The van der Waals surface area contributed by atoms with Crippen molar-refractivity contribution in [2.45, 2.75) is 11.8 Å². The number of anilines is 1. The molecule has 0 atom stereocenters. The minimum Gasteiger partial charge on any atom is -0.325 e. The molecule has 1 N–H and O–H groups in total. The molecule has 2 aromatic rings. The number of nitrogens with zero attached hydrogens (tertiary/aromatic N) is 2. The first kappa shape index (κ1) is 20.2. The Morgan fingerprint density at radius 3 is 2.29 bits per heavy atom. The summed E-state index contributed by atoms with van der Waals surface area (Å²) in [7, 11) is -3.50. The van der Waals surface area contributed by atoms with Crippen molar-refractivity contribution in [2.24, 2.45) is 0 Å². The van der Waals surface area contributed by atoms with Crippen molar-refractivity contribution in [3.05, 3.63) is 60.2 Å². The van der Waals surface area contributed by atoms with Crippen LogP contribution in [0.3, 0.4) is 0 Å². The van der Waals surface area contributed by atoms with E-state index in [1.807, 2.05) is 4.90 Å². The van der Waals surface area contributed by atoms with Gasteiger partial charge in [-0.15, -0.1) is 0 Å². The third kappa shape index (κ3) is 4.83. The summed E-state index contributed by atoms with van der Waals surface area (Å²) in [6.45, 7) is 3.28. The lowest BCUT2D eigenvalue weighted by atomic mass is 10.1. The SMILES string of the molecule is CC(=O)c1cccc(NC(=O)CN2CCN(S(=O)(=O)c3ccccc3)CC2)c1. The van der Waals surface area contributed by atoms with E-state index in [0.717, 1.165) is 0 Å². The Bertz CT molecular complexity index is 952. The van der Waals surface area contributed by atoms with Crippen molar-refractivity contribution in [2.75, 3.05) is 38.0 Å². The first-order valence-electron chi connectivity index (χ1n) is 9.05. The molecule has 3 rings (SSSR count). The van der Waals surface area contributed by atoms with Crippen LogP contribution in [0.1, 0.15) is 17.3 Å². The van der Waals surface area contributed by atoms with E-state index in [1.165, 1.54) is 11.2 Å². The summed E-state index contributed by atoms with van der Waals surface area (Å²) >= 11 is 0. The minimum absolute atomic E-state index is 0.0631. The van der Waals surface area contributed by atoms with Crippen molar-refractivity contribution >= 4 is 27.4 Å². The summed E-state index contributed by atoms with van der Waals surface area (Å²) in [4.78, 5) is 25.9. The lowest BCUT2D eigenvalue weighted by molar-refractivity contribution is -0.117. The van der Waals surface area contributed by atoms with E-state index < -0.39 is 10.0 Å². The number of piperazine rings is 1. The van der Waals surface area contributed by atoms with Gasteiger partial charge in [0.2, 0.25) is 15.9 Å². The van der Waals surface area contributed by atoms with E-state index in [4.69, 9.17) is 0 Å². The third-order valence-electron chi connectivity index (χ3n) is 4.63. The maximum atomic E-state index is 12.6. The van der Waals surface area contributed by atoms with Crippen LogP contribution in [0.5, 0.6) is 0 Å². The fourth-order valence-corrected chi connectivity index (χ4v) is 4.53. The highest BCUT2D eigenvalue weighted by Gasteiger charge is 2.28. The van der Waals surface area contributed by atoms with Crippen LogP contribution < -0.4 is 5.32 Å². The molecule has 0 unspecified atom stereocenters. The second kappa shape index (κ2) is 8.64. The van der Waals surface area contributed by atoms with Crippen LogP contribution >= 0.6 is 0 Å². The lowest BCUT2D eigenvalue weighted by Crippen LogP contribution is -2.50. The van der Waals surface area contributed by atoms with E-state index in [0.29, 0.717) is 37.4 Å². The molecular formula is C20H23N3O4S. The van der Waals surface area contributed by atoms with E-state index in [2.05, 4.69) is 5.32 Å². The molecule has 1 heterocycles. The Morgan fingerprint density at radius 2 is 1.64 bits per heavy atom. The van der Waals surface area contributed by atoms with Gasteiger partial charge in [-0.2, -0.15) is 4.31 Å². The predicted octanol–water partition coefficient (Wildman–Crippen LogP) is 1.83. The summed E-state index contributed by atoms with van der Waals surface area (Å²) in [5, 5.41) is 2.79. The first-order valence-corrected chi connectivity index (χ1v) is 10.5. The van der Waals surface area contributed by atoms with Gasteiger partial charge in [0.05, 0.1) is 11.4 Å². The van der Waals surface area contributed by atoms with Crippen molar-refractivity contribution in [3.63, 3.8) is 0 Å². The monoisotopic (exact) mass is 401 g/mol. The van der Waals surface area contributed by atoms with E-state index in [-0.39, 0.29) is 23.1 Å². The number of carbonyl (C=O) groups excluding carboxylic acids is 2. The highest BCUT2D eigenvalue weighted by Crippen LogP contribution is 2.17. The van der Waals surface area contributed by atoms with Gasteiger partial charge in [0, 0.05) is 37.4 Å². The maximum absolute atomic E-state index is 12.6. The topological polar surface area (TPSA) is 86.8 Å². The van der Waals surface area contributed by atoms with Crippen LogP contribution in [0.4, 0.5) is 5.69 Å². The van der Waals surface area contributed by atoms with Gasteiger partial charge >= 0.3 is 0 Å². The number of carbonyl (C=O) groups is 2. The molecule has 1 aliphatic rings. The zero-order chi connectivity index (χ0) is 20.1. The average molecular weight is 401 g/mol. The van der Waals surface area contributed by atoms with Crippen molar-refractivity contribution < 1.29 is 18.0 Å². The Hall–Kier alpha value is -2.55. The van der Waals surface area contributed by atoms with E-state index in [1.54, 1.807) is 54.6 Å². The molecule has 28 heavy (non-hydrogen) atoms. The zero-order valence-electron chi connectivity index (χ0n) is 15.7.